The van der Waals surface area contributed by atoms with E-state index < -0.39 is 0 Å². The van der Waals surface area contributed by atoms with Crippen LogP contribution in [0.2, 0.25) is 0 Å². The van der Waals surface area contributed by atoms with Crippen molar-refractivity contribution in [1.29, 1.82) is 0 Å². The van der Waals surface area contributed by atoms with Crippen molar-refractivity contribution in [3.63, 3.8) is 0 Å². The summed E-state index contributed by atoms with van der Waals surface area (Å²) in [6.07, 6.45) is 1.56. The van der Waals surface area contributed by atoms with Gasteiger partial charge in [0.05, 0.1) is 6.21 Å². The Hall–Kier alpha value is -1.55. The van der Waals surface area contributed by atoms with Crippen molar-refractivity contribution in [3.05, 3.63) is 29.8 Å². The van der Waals surface area contributed by atoms with Gasteiger partial charge in [-0.2, -0.15) is 5.10 Å². The van der Waals surface area contributed by atoms with Crippen molar-refractivity contribution >= 4 is 6.21 Å². The highest BCUT2D eigenvalue weighted by Gasteiger charge is 1.93. The van der Waals surface area contributed by atoms with Gasteiger partial charge in [-0.3, -0.25) is 0 Å². The highest BCUT2D eigenvalue weighted by Crippen LogP contribution is 2.11. The molecule has 0 aromatic heterocycles. The minimum Gasteiger partial charge on any atom is -0.468 e. The molecule has 0 atom stereocenters. The smallest absolute Gasteiger partial charge is 0.188 e. The van der Waals surface area contributed by atoms with E-state index in [1.165, 1.54) is 0 Å². The van der Waals surface area contributed by atoms with Crippen LogP contribution < -0.4 is 10.6 Å². The van der Waals surface area contributed by atoms with Crippen LogP contribution in [-0.2, 0) is 4.74 Å². The van der Waals surface area contributed by atoms with Gasteiger partial charge in [0.2, 0.25) is 0 Å². The highest BCUT2D eigenvalue weighted by molar-refractivity contribution is 5.79. The fourth-order valence-electron chi connectivity index (χ4n) is 0.898. The molecular weight excluding hydrogens is 168 g/mol. The molecule has 4 heteroatoms. The van der Waals surface area contributed by atoms with E-state index in [0.29, 0.717) is 0 Å². The van der Waals surface area contributed by atoms with Crippen molar-refractivity contribution in [2.75, 3.05) is 13.9 Å². The standard InChI is InChI=1S/C9H12N2O2/c1-12-7-13-9-4-2-3-8(5-9)6-11-10/h2-6H,7,10H2,1H3. The molecule has 0 radical (unpaired) electrons. The first-order chi connectivity index (χ1) is 6.36. The summed E-state index contributed by atoms with van der Waals surface area (Å²) >= 11 is 0. The number of hydrogen-bond donors (Lipinski definition) is 1. The Labute approximate surface area is 77.0 Å². The number of rotatable bonds is 4. The molecule has 0 aliphatic heterocycles. The van der Waals surface area contributed by atoms with Gasteiger partial charge >= 0.3 is 0 Å². The molecule has 0 saturated carbocycles. The predicted molar refractivity (Wildman–Crippen MR) is 50.7 cm³/mol. The van der Waals surface area contributed by atoms with E-state index >= 15 is 0 Å². The third-order valence-corrected chi connectivity index (χ3v) is 1.43. The van der Waals surface area contributed by atoms with Gasteiger partial charge in [0.1, 0.15) is 5.75 Å². The maximum atomic E-state index is 5.22. The Kier molecular flexibility index (Phi) is 3.78. The van der Waals surface area contributed by atoms with Crippen molar-refractivity contribution in [1.82, 2.24) is 0 Å². The van der Waals surface area contributed by atoms with Gasteiger partial charge in [-0.1, -0.05) is 12.1 Å². The maximum Gasteiger partial charge on any atom is 0.188 e. The van der Waals surface area contributed by atoms with E-state index in [1.807, 2.05) is 24.3 Å². The zero-order valence-electron chi connectivity index (χ0n) is 7.43. The van der Waals surface area contributed by atoms with Gasteiger partial charge in [-0.15, -0.1) is 0 Å². The van der Waals surface area contributed by atoms with Crippen LogP contribution in [0.15, 0.2) is 29.4 Å². The Morgan fingerprint density at radius 2 is 2.38 bits per heavy atom. The predicted octanol–water partition coefficient (Wildman–Crippen LogP) is 0.962. The molecule has 1 rings (SSSR count). The van der Waals surface area contributed by atoms with E-state index in [0.717, 1.165) is 11.3 Å². The summed E-state index contributed by atoms with van der Waals surface area (Å²) in [5, 5.41) is 3.42. The summed E-state index contributed by atoms with van der Waals surface area (Å²) in [5.41, 5.74) is 0.899. The molecule has 0 saturated heterocycles. The number of ether oxygens (including phenoxy) is 2. The van der Waals surface area contributed by atoms with Gasteiger partial charge in [0.25, 0.3) is 0 Å². The van der Waals surface area contributed by atoms with Gasteiger partial charge in [0, 0.05) is 7.11 Å². The number of hydrazone groups is 1. The Morgan fingerprint density at radius 3 is 3.08 bits per heavy atom. The second-order valence-corrected chi connectivity index (χ2v) is 2.40. The van der Waals surface area contributed by atoms with Crippen LogP contribution >= 0.6 is 0 Å². The molecule has 0 fully saturated rings. The molecule has 0 amide bonds. The lowest BCUT2D eigenvalue weighted by molar-refractivity contribution is 0.0511. The summed E-state index contributed by atoms with van der Waals surface area (Å²) in [6, 6.07) is 7.42. The number of nitrogens with two attached hydrogens (primary N) is 1. The van der Waals surface area contributed by atoms with E-state index in [2.05, 4.69) is 5.10 Å². The minimum absolute atomic E-state index is 0.239. The Bertz CT molecular complexity index is 287. The van der Waals surface area contributed by atoms with Crippen LogP contribution in [0.1, 0.15) is 5.56 Å². The SMILES string of the molecule is COCOc1cccc(C=NN)c1. The van der Waals surface area contributed by atoms with Crippen LogP contribution in [-0.4, -0.2) is 20.1 Å². The van der Waals surface area contributed by atoms with Crippen LogP contribution in [0.4, 0.5) is 0 Å². The van der Waals surface area contributed by atoms with E-state index in [9.17, 15) is 0 Å². The molecule has 1 aromatic carbocycles. The zero-order chi connectivity index (χ0) is 9.52. The molecule has 2 N–H and O–H groups in total. The second kappa shape index (κ2) is 5.16. The summed E-state index contributed by atoms with van der Waals surface area (Å²) in [7, 11) is 1.57. The van der Waals surface area contributed by atoms with Crippen molar-refractivity contribution < 1.29 is 9.47 Å². The topological polar surface area (TPSA) is 56.8 Å². The van der Waals surface area contributed by atoms with Crippen LogP contribution in [0.5, 0.6) is 5.75 Å². The first-order valence-corrected chi connectivity index (χ1v) is 3.82. The third kappa shape index (κ3) is 3.13. The molecule has 0 bridgehead atoms. The van der Waals surface area contributed by atoms with Crippen molar-refractivity contribution in [3.8, 4) is 5.75 Å². The summed E-state index contributed by atoms with van der Waals surface area (Å²) in [6.45, 7) is 0.239. The molecule has 0 aliphatic rings. The van der Waals surface area contributed by atoms with Crippen molar-refractivity contribution in [2.45, 2.75) is 0 Å². The van der Waals surface area contributed by atoms with Crippen molar-refractivity contribution in [2.24, 2.45) is 10.9 Å². The lowest BCUT2D eigenvalue weighted by atomic mass is 10.2. The second-order valence-electron chi connectivity index (χ2n) is 2.40. The fraction of sp³-hybridized carbons (Fsp3) is 0.222. The summed E-state index contributed by atoms with van der Waals surface area (Å²) in [5.74, 6) is 5.75. The number of hydrogen-bond acceptors (Lipinski definition) is 4. The summed E-state index contributed by atoms with van der Waals surface area (Å²) < 4.78 is 9.98. The number of methoxy groups -OCH3 is 1. The average molecular weight is 180 g/mol. The molecule has 0 unspecified atom stereocenters. The minimum atomic E-state index is 0.239. The summed E-state index contributed by atoms with van der Waals surface area (Å²) in [4.78, 5) is 0. The molecular formula is C9H12N2O2. The lowest BCUT2D eigenvalue weighted by Crippen LogP contribution is -1.99. The first kappa shape index (κ1) is 9.54. The van der Waals surface area contributed by atoms with E-state index in [-0.39, 0.29) is 6.79 Å². The van der Waals surface area contributed by atoms with E-state index in [1.54, 1.807) is 13.3 Å². The molecule has 0 aliphatic carbocycles. The lowest BCUT2D eigenvalue weighted by Gasteiger charge is -2.04. The number of benzene rings is 1. The first-order valence-electron chi connectivity index (χ1n) is 3.82. The Balaban J connectivity index is 2.67. The van der Waals surface area contributed by atoms with Crippen LogP contribution in [0, 0.1) is 0 Å². The van der Waals surface area contributed by atoms with Gasteiger partial charge in [0.15, 0.2) is 6.79 Å². The fourth-order valence-corrected chi connectivity index (χ4v) is 0.898. The van der Waals surface area contributed by atoms with Crippen LogP contribution in [0.3, 0.4) is 0 Å². The maximum absolute atomic E-state index is 5.22. The monoisotopic (exact) mass is 180 g/mol. The zero-order valence-corrected chi connectivity index (χ0v) is 7.43. The van der Waals surface area contributed by atoms with Crippen LogP contribution in [0.25, 0.3) is 0 Å². The Morgan fingerprint density at radius 1 is 1.54 bits per heavy atom. The van der Waals surface area contributed by atoms with Gasteiger partial charge in [-0.05, 0) is 17.7 Å². The van der Waals surface area contributed by atoms with Gasteiger partial charge in [-0.25, -0.2) is 0 Å². The third-order valence-electron chi connectivity index (χ3n) is 1.43. The molecule has 0 spiro atoms. The molecule has 4 nitrogen and oxygen atoms in total. The number of nitrogens with zero attached hydrogens (tertiary/aromatic N) is 1. The quantitative estimate of drug-likeness (QED) is 0.325. The average Bonchev–Trinajstić information content (AvgIpc) is 2.16. The molecule has 13 heavy (non-hydrogen) atoms. The molecule has 70 valence electrons. The molecule has 0 heterocycles. The normalized spacial score (nSPS) is 10.5. The van der Waals surface area contributed by atoms with E-state index in [4.69, 9.17) is 15.3 Å². The largest absolute Gasteiger partial charge is 0.468 e. The highest BCUT2D eigenvalue weighted by atomic mass is 16.7. The van der Waals surface area contributed by atoms with Gasteiger partial charge < -0.3 is 15.3 Å². The molecule has 1 aromatic rings.